The first-order chi connectivity index (χ1) is 37.8. The average molecular weight is 999 g/mol. The van der Waals surface area contributed by atoms with Gasteiger partial charge in [-0.3, -0.25) is 0 Å². The Morgan fingerprint density at radius 1 is 0.377 bits per heavy atom. The second-order valence-electron chi connectivity index (χ2n) is 22.0. The van der Waals surface area contributed by atoms with E-state index < -0.39 is 0 Å². The third kappa shape index (κ3) is 7.39. The van der Waals surface area contributed by atoms with Crippen molar-refractivity contribution in [1.82, 2.24) is 0 Å². The van der Waals surface area contributed by atoms with Crippen LogP contribution in [0.5, 0.6) is 11.5 Å². The zero-order valence-corrected chi connectivity index (χ0v) is 43.7. The van der Waals surface area contributed by atoms with Gasteiger partial charge in [0.25, 0.3) is 0 Å². The molecular weight excluding hydrogens is 941 g/mol. The van der Waals surface area contributed by atoms with Crippen molar-refractivity contribution >= 4 is 45.3 Å². The molecule has 1 saturated heterocycles. The fourth-order valence-corrected chi connectivity index (χ4v) is 14.0. The first kappa shape index (κ1) is 45.7. The summed E-state index contributed by atoms with van der Waals surface area (Å²) in [6, 6.07) is 66.6. The Morgan fingerprint density at radius 2 is 0.766 bits per heavy atom. The molecule has 5 nitrogen and oxygen atoms in total. The molecule has 4 aliphatic carbocycles. The third-order valence-electron chi connectivity index (χ3n) is 17.0. The Bertz CT molecular complexity index is 3620. The van der Waals surface area contributed by atoms with Crippen LogP contribution in [0.1, 0.15) is 90.8 Å². The van der Waals surface area contributed by atoms with Crippen LogP contribution in [0.4, 0.5) is 22.7 Å². The summed E-state index contributed by atoms with van der Waals surface area (Å²) in [5.41, 5.74) is 23.2. The van der Waals surface area contributed by atoms with Gasteiger partial charge in [0.1, 0.15) is 23.7 Å². The minimum absolute atomic E-state index is 0.0251. The molecule has 7 aliphatic rings. The normalized spacial score (nSPS) is 23.4. The van der Waals surface area contributed by atoms with E-state index in [1.165, 1.54) is 66.8 Å². The van der Waals surface area contributed by atoms with Crippen LogP contribution in [0.3, 0.4) is 0 Å². The van der Waals surface area contributed by atoms with Crippen molar-refractivity contribution in [2.45, 2.75) is 63.9 Å². The number of anilines is 4. The summed E-state index contributed by atoms with van der Waals surface area (Å²) in [5.74, 6) is 1.96. The lowest BCUT2D eigenvalue weighted by atomic mass is 9.74. The molecule has 5 heteroatoms. The van der Waals surface area contributed by atoms with Gasteiger partial charge >= 0.3 is 0 Å². The lowest BCUT2D eigenvalue weighted by Gasteiger charge is -2.37. The number of rotatable bonds is 8. The number of benzene rings is 8. The smallest absolute Gasteiger partial charge is 0.148 e. The Labute approximate surface area is 451 Å². The Morgan fingerprint density at radius 3 is 1.19 bits per heavy atom. The van der Waals surface area contributed by atoms with Crippen LogP contribution >= 0.6 is 0 Å². The third-order valence-corrected chi connectivity index (χ3v) is 17.0. The molecule has 0 amide bonds. The van der Waals surface area contributed by atoms with Gasteiger partial charge < -0.3 is 24.0 Å². The topological polar surface area (TPSA) is 34.2 Å². The van der Waals surface area contributed by atoms with Crippen LogP contribution in [0.2, 0.25) is 0 Å². The standard InChI is InChI=1S/C72H58N2O3/c1-43-35-44(2)38-49(37-43)73(63-33-17-31-59-57-29-15-27-51(67(57)76-71(59)63)47-19-7-5-8-20-47)65-41-61-62-42-66(54-24-12-14-26-56(54)70(62)75-69(61)55-25-13-11-23-53(55)65)74(50-39-45(3)36-46(4)40-50)64-34-18-32-60-58-30-16-28-52(68(58)77-72(60)64)48-21-9-6-10-22-48/h5-42,57-58,61-62,67-70H,1-4H3. The highest BCUT2D eigenvalue weighted by atomic mass is 16.5. The molecule has 1 fully saturated rings. The zero-order chi connectivity index (χ0) is 51.5. The summed E-state index contributed by atoms with van der Waals surface area (Å²) in [6.45, 7) is 8.82. The highest BCUT2D eigenvalue weighted by molar-refractivity contribution is 5.96. The van der Waals surface area contributed by atoms with Gasteiger partial charge in [0.15, 0.2) is 0 Å². The fraction of sp³-hybridized carbons (Fsp3) is 0.167. The van der Waals surface area contributed by atoms with Gasteiger partial charge in [-0.1, -0.05) is 194 Å². The van der Waals surface area contributed by atoms with Crippen LogP contribution in [-0.4, -0.2) is 12.2 Å². The molecular formula is C72H58N2O3. The monoisotopic (exact) mass is 998 g/mol. The van der Waals surface area contributed by atoms with Crippen molar-refractivity contribution in [3.8, 4) is 11.5 Å². The van der Waals surface area contributed by atoms with Crippen molar-refractivity contribution in [2.24, 2.45) is 11.8 Å². The Kier molecular flexibility index (Phi) is 10.7. The van der Waals surface area contributed by atoms with Crippen LogP contribution in [0.25, 0.3) is 22.5 Å². The summed E-state index contributed by atoms with van der Waals surface area (Å²) in [6.07, 6.45) is 17.9. The molecule has 15 rings (SSSR count). The van der Waals surface area contributed by atoms with E-state index in [1.807, 2.05) is 0 Å². The quantitative estimate of drug-likeness (QED) is 0.152. The second kappa shape index (κ2) is 18.0. The van der Waals surface area contributed by atoms with E-state index in [0.29, 0.717) is 0 Å². The molecule has 0 spiro atoms. The highest BCUT2D eigenvalue weighted by Crippen LogP contribution is 2.62. The number of allylic oxidation sites excluding steroid dienone is 4. The summed E-state index contributed by atoms with van der Waals surface area (Å²) < 4.78 is 22.3. The average Bonchev–Trinajstić information content (AvgIpc) is 4.30. The van der Waals surface area contributed by atoms with Crippen LogP contribution in [0.15, 0.2) is 231 Å². The molecule has 0 N–H and O–H groups in total. The van der Waals surface area contributed by atoms with E-state index in [4.69, 9.17) is 14.2 Å². The maximum Gasteiger partial charge on any atom is 0.148 e. The largest absolute Gasteiger partial charge is 0.482 e. The van der Waals surface area contributed by atoms with Crippen molar-refractivity contribution in [3.05, 3.63) is 297 Å². The maximum absolute atomic E-state index is 7.56. The van der Waals surface area contributed by atoms with Crippen molar-refractivity contribution < 1.29 is 14.2 Å². The van der Waals surface area contributed by atoms with Crippen molar-refractivity contribution in [3.63, 3.8) is 0 Å². The summed E-state index contributed by atoms with van der Waals surface area (Å²) >= 11 is 0. The Hall–Kier alpha value is -8.64. The Balaban J connectivity index is 0.903. The summed E-state index contributed by atoms with van der Waals surface area (Å²) in [5, 5.41) is 0. The van der Waals surface area contributed by atoms with Crippen LogP contribution < -0.4 is 19.3 Å². The van der Waals surface area contributed by atoms with Crippen LogP contribution in [-0.2, 0) is 4.74 Å². The fourth-order valence-electron chi connectivity index (χ4n) is 14.0. The zero-order valence-electron chi connectivity index (χ0n) is 43.7. The number of fused-ring (bicyclic) bond motifs is 13. The molecule has 374 valence electrons. The number of hydrogen-bond acceptors (Lipinski definition) is 5. The van der Waals surface area contributed by atoms with Crippen molar-refractivity contribution in [2.75, 3.05) is 9.80 Å². The predicted molar refractivity (Wildman–Crippen MR) is 313 cm³/mol. The number of para-hydroxylation sites is 2. The summed E-state index contributed by atoms with van der Waals surface area (Å²) in [7, 11) is 0. The molecule has 8 atom stereocenters. The van der Waals surface area contributed by atoms with Gasteiger partial charge in [-0.2, -0.15) is 0 Å². The first-order valence-corrected chi connectivity index (χ1v) is 27.3. The summed E-state index contributed by atoms with van der Waals surface area (Å²) in [4.78, 5) is 4.99. The molecule has 77 heavy (non-hydrogen) atoms. The predicted octanol–water partition coefficient (Wildman–Crippen LogP) is 17.3. The maximum atomic E-state index is 7.56. The van der Waals surface area contributed by atoms with E-state index in [2.05, 4.69) is 268 Å². The highest BCUT2D eigenvalue weighted by Gasteiger charge is 2.51. The lowest BCUT2D eigenvalue weighted by Crippen LogP contribution is -2.27. The number of nitrogens with zero attached hydrogens (tertiary/aromatic N) is 2. The lowest BCUT2D eigenvalue weighted by molar-refractivity contribution is 0.0314. The van der Waals surface area contributed by atoms with Gasteiger partial charge in [-0.05, 0) is 109 Å². The van der Waals surface area contributed by atoms with Crippen molar-refractivity contribution in [1.29, 1.82) is 0 Å². The molecule has 0 bridgehead atoms. The molecule has 8 aromatic carbocycles. The van der Waals surface area contributed by atoms with Gasteiger partial charge in [0.05, 0.1) is 35.0 Å². The van der Waals surface area contributed by atoms with Gasteiger partial charge in [-0.25, -0.2) is 0 Å². The second-order valence-corrected chi connectivity index (χ2v) is 22.0. The molecule has 8 aromatic rings. The molecule has 3 heterocycles. The molecule has 0 radical (unpaired) electrons. The minimum Gasteiger partial charge on any atom is -0.482 e. The molecule has 8 unspecified atom stereocenters. The van der Waals surface area contributed by atoms with E-state index in [-0.39, 0.29) is 48.1 Å². The van der Waals surface area contributed by atoms with E-state index in [9.17, 15) is 0 Å². The van der Waals surface area contributed by atoms with Gasteiger partial charge in [-0.15, -0.1) is 0 Å². The number of hydrogen-bond donors (Lipinski definition) is 0. The number of aryl methyl sites for hydroxylation is 4. The van der Waals surface area contributed by atoms with Gasteiger partial charge in [0.2, 0.25) is 0 Å². The molecule has 0 aromatic heterocycles. The molecule has 0 saturated carbocycles. The minimum atomic E-state index is -0.184. The first-order valence-electron chi connectivity index (χ1n) is 27.3. The van der Waals surface area contributed by atoms with E-state index in [0.717, 1.165) is 56.8 Å². The SMILES string of the molecule is Cc1cc(C)cc(N(C2=CC3C(OC4c5ccccc5C(N(c5cc(C)cc(C)c5)c5cccc6c5OC5C(c7ccccc7)=CC=CC65)=CC43)c3ccccc32)c2cccc3c2OC2C(c4ccccc4)=CC=CC32)c1. The van der Waals surface area contributed by atoms with Crippen LogP contribution in [0, 0.1) is 39.5 Å². The van der Waals surface area contributed by atoms with Gasteiger partial charge in [0, 0.05) is 68.4 Å². The number of ether oxygens (including phenoxy) is 3. The molecule has 3 aliphatic heterocycles. The van der Waals surface area contributed by atoms with E-state index in [1.54, 1.807) is 0 Å². The van der Waals surface area contributed by atoms with E-state index >= 15 is 0 Å².